The highest BCUT2D eigenvalue weighted by atomic mass is 127. The molecule has 1 N–H and O–H groups in total. The van der Waals surface area contributed by atoms with E-state index in [1.165, 1.54) is 0 Å². The average molecular weight is 485 g/mol. The minimum atomic E-state index is -0.105. The van der Waals surface area contributed by atoms with Gasteiger partial charge in [-0.25, -0.2) is 0 Å². The summed E-state index contributed by atoms with van der Waals surface area (Å²) in [5.41, 5.74) is 3.47. The largest absolute Gasteiger partial charge is 0.354 e. The van der Waals surface area contributed by atoms with Crippen LogP contribution in [-0.4, -0.2) is 5.78 Å². The van der Waals surface area contributed by atoms with E-state index in [0.717, 1.165) is 14.8 Å². The van der Waals surface area contributed by atoms with Crippen LogP contribution in [0.2, 0.25) is 5.02 Å². The molecule has 0 aliphatic rings. The van der Waals surface area contributed by atoms with Crippen LogP contribution in [0.5, 0.6) is 0 Å². The number of rotatable bonds is 5. The molecule has 27 heavy (non-hydrogen) atoms. The summed E-state index contributed by atoms with van der Waals surface area (Å²) in [5.74, 6) is -0.105. The van der Waals surface area contributed by atoms with Crippen LogP contribution in [0.25, 0.3) is 5.70 Å². The lowest BCUT2D eigenvalue weighted by Gasteiger charge is -2.13. The molecule has 0 atom stereocenters. The Kier molecular flexibility index (Phi) is 6.28. The number of ketones is 1. The number of carbonyl (C=O) groups is 1. The van der Waals surface area contributed by atoms with Crippen LogP contribution in [0.1, 0.15) is 21.5 Å². The summed E-state index contributed by atoms with van der Waals surface area (Å²) >= 11 is 8.23. The third kappa shape index (κ3) is 4.97. The molecule has 5 heteroatoms. The van der Waals surface area contributed by atoms with Crippen molar-refractivity contribution in [2.24, 2.45) is 0 Å². The Hall–Kier alpha value is -2.62. The molecule has 0 bridgehead atoms. The highest BCUT2D eigenvalue weighted by Gasteiger charge is 2.10. The van der Waals surface area contributed by atoms with Crippen LogP contribution >= 0.6 is 34.2 Å². The van der Waals surface area contributed by atoms with E-state index < -0.39 is 0 Å². The summed E-state index contributed by atoms with van der Waals surface area (Å²) in [6.45, 7) is 0. The summed E-state index contributed by atoms with van der Waals surface area (Å²) in [6.07, 6.45) is 1.57. The molecule has 0 aliphatic carbocycles. The van der Waals surface area contributed by atoms with Gasteiger partial charge in [0.15, 0.2) is 5.78 Å². The summed E-state index contributed by atoms with van der Waals surface area (Å²) in [4.78, 5) is 12.7. The zero-order chi connectivity index (χ0) is 19.2. The van der Waals surface area contributed by atoms with Crippen molar-refractivity contribution in [1.82, 2.24) is 0 Å². The van der Waals surface area contributed by atoms with Crippen molar-refractivity contribution in [2.75, 3.05) is 5.32 Å². The van der Waals surface area contributed by atoms with E-state index in [4.69, 9.17) is 16.9 Å². The van der Waals surface area contributed by atoms with E-state index >= 15 is 0 Å². The highest BCUT2D eigenvalue weighted by Crippen LogP contribution is 2.26. The number of carbonyl (C=O) groups excluding carboxylic acids is 1. The summed E-state index contributed by atoms with van der Waals surface area (Å²) in [6, 6.07) is 23.8. The van der Waals surface area contributed by atoms with E-state index in [1.54, 1.807) is 36.4 Å². The molecule has 0 unspecified atom stereocenters. The van der Waals surface area contributed by atoms with Gasteiger partial charge < -0.3 is 5.32 Å². The van der Waals surface area contributed by atoms with Crippen LogP contribution in [-0.2, 0) is 0 Å². The molecule has 3 aromatic rings. The van der Waals surface area contributed by atoms with Gasteiger partial charge in [-0.3, -0.25) is 4.79 Å². The molecule has 0 radical (unpaired) electrons. The van der Waals surface area contributed by atoms with E-state index in [9.17, 15) is 4.79 Å². The Morgan fingerprint density at radius 1 is 1.00 bits per heavy atom. The molecule has 0 amide bonds. The number of nitrogens with one attached hydrogen (secondary N) is 1. The first-order valence-electron chi connectivity index (χ1n) is 8.10. The number of benzene rings is 3. The van der Waals surface area contributed by atoms with Gasteiger partial charge in [-0.2, -0.15) is 5.26 Å². The number of hydrogen-bond donors (Lipinski definition) is 1. The minimum absolute atomic E-state index is 0.105. The molecule has 0 aromatic heterocycles. The monoisotopic (exact) mass is 484 g/mol. The Morgan fingerprint density at radius 3 is 2.33 bits per heavy atom. The molecule has 0 heterocycles. The van der Waals surface area contributed by atoms with Gasteiger partial charge in [-0.05, 0) is 58.5 Å². The van der Waals surface area contributed by atoms with Crippen molar-refractivity contribution < 1.29 is 4.79 Å². The molecule has 132 valence electrons. The second-order valence-electron chi connectivity index (χ2n) is 5.73. The van der Waals surface area contributed by atoms with Crippen molar-refractivity contribution in [3.8, 4) is 6.07 Å². The van der Waals surface area contributed by atoms with Gasteiger partial charge in [-0.15, -0.1) is 0 Å². The smallest absolute Gasteiger partial charge is 0.187 e. The molecule has 0 aliphatic heterocycles. The predicted molar refractivity (Wildman–Crippen MR) is 118 cm³/mol. The second kappa shape index (κ2) is 8.85. The summed E-state index contributed by atoms with van der Waals surface area (Å²) < 4.78 is 0.937. The van der Waals surface area contributed by atoms with E-state index in [-0.39, 0.29) is 5.78 Å². The van der Waals surface area contributed by atoms with Crippen LogP contribution < -0.4 is 5.32 Å². The molecule has 0 saturated carbocycles. The SMILES string of the molecule is N#Cc1ccc(/C(=C/C(=O)c2ccccc2)Nc2ccc(Cl)cc2I)cc1. The molecular weight excluding hydrogens is 471 g/mol. The highest BCUT2D eigenvalue weighted by molar-refractivity contribution is 14.1. The van der Waals surface area contributed by atoms with Crippen molar-refractivity contribution in [2.45, 2.75) is 0 Å². The van der Waals surface area contributed by atoms with Crippen LogP contribution in [0, 0.1) is 14.9 Å². The quantitative estimate of drug-likeness (QED) is 0.268. The second-order valence-corrected chi connectivity index (χ2v) is 7.33. The Bertz CT molecular complexity index is 1040. The zero-order valence-electron chi connectivity index (χ0n) is 14.1. The van der Waals surface area contributed by atoms with Crippen molar-refractivity contribution in [3.63, 3.8) is 0 Å². The van der Waals surface area contributed by atoms with Gasteiger partial charge in [0.25, 0.3) is 0 Å². The van der Waals surface area contributed by atoms with Crippen LogP contribution in [0.15, 0.2) is 78.9 Å². The van der Waals surface area contributed by atoms with Gasteiger partial charge in [0.05, 0.1) is 17.3 Å². The topological polar surface area (TPSA) is 52.9 Å². The fraction of sp³-hybridized carbons (Fsp3) is 0. The van der Waals surface area contributed by atoms with Gasteiger partial charge in [-0.1, -0.05) is 54.1 Å². The number of nitriles is 1. The standard InChI is InChI=1S/C22H14ClIN2O/c23-18-10-11-20(19(24)12-18)26-21(16-8-6-15(14-25)7-9-16)13-22(27)17-4-2-1-3-5-17/h1-13,26H/b21-13-. The lowest BCUT2D eigenvalue weighted by Crippen LogP contribution is -2.04. The maximum Gasteiger partial charge on any atom is 0.187 e. The van der Waals surface area contributed by atoms with E-state index in [1.807, 2.05) is 42.5 Å². The number of hydrogen-bond acceptors (Lipinski definition) is 3. The maximum atomic E-state index is 12.7. The Balaban J connectivity index is 2.01. The Morgan fingerprint density at radius 2 is 1.70 bits per heavy atom. The van der Waals surface area contributed by atoms with Crippen molar-refractivity contribution in [1.29, 1.82) is 5.26 Å². The first kappa shape index (κ1) is 19.2. The van der Waals surface area contributed by atoms with Crippen LogP contribution in [0.4, 0.5) is 5.69 Å². The molecule has 3 aromatic carbocycles. The molecule has 0 fully saturated rings. The number of halogens is 2. The predicted octanol–water partition coefficient (Wildman–Crippen LogP) is 6.15. The molecule has 0 saturated heterocycles. The lowest BCUT2D eigenvalue weighted by atomic mass is 10.0. The zero-order valence-corrected chi connectivity index (χ0v) is 17.0. The molecule has 3 nitrogen and oxygen atoms in total. The van der Waals surface area contributed by atoms with Gasteiger partial charge >= 0.3 is 0 Å². The van der Waals surface area contributed by atoms with Gasteiger partial charge in [0, 0.05) is 25.9 Å². The molecule has 3 rings (SSSR count). The van der Waals surface area contributed by atoms with E-state index in [2.05, 4.69) is 34.0 Å². The first-order valence-corrected chi connectivity index (χ1v) is 9.56. The minimum Gasteiger partial charge on any atom is -0.354 e. The van der Waals surface area contributed by atoms with Crippen LogP contribution in [0.3, 0.4) is 0 Å². The molecular formula is C22H14ClIN2O. The summed E-state index contributed by atoms with van der Waals surface area (Å²) in [7, 11) is 0. The van der Waals surface area contributed by atoms with Gasteiger partial charge in [0.1, 0.15) is 0 Å². The fourth-order valence-corrected chi connectivity index (χ4v) is 3.48. The van der Waals surface area contributed by atoms with Crippen molar-refractivity contribution >= 4 is 51.4 Å². The average Bonchev–Trinajstić information content (AvgIpc) is 2.70. The normalized spacial score (nSPS) is 10.9. The van der Waals surface area contributed by atoms with Gasteiger partial charge in [0.2, 0.25) is 0 Å². The first-order chi connectivity index (χ1) is 13.1. The lowest BCUT2D eigenvalue weighted by molar-refractivity contribution is 0.104. The molecule has 0 spiro atoms. The number of nitrogens with zero attached hydrogens (tertiary/aromatic N) is 1. The maximum absolute atomic E-state index is 12.7. The summed E-state index contributed by atoms with van der Waals surface area (Å²) in [5, 5.41) is 13.0. The van der Waals surface area contributed by atoms with E-state index in [0.29, 0.717) is 21.8 Å². The van der Waals surface area contributed by atoms with Crippen molar-refractivity contribution in [3.05, 3.63) is 104 Å². The third-order valence-corrected chi connectivity index (χ3v) is 4.99. The Labute approximate surface area is 176 Å². The number of anilines is 1. The third-order valence-electron chi connectivity index (χ3n) is 3.86. The fourth-order valence-electron chi connectivity index (χ4n) is 2.47. The number of allylic oxidation sites excluding steroid dienone is 1.